The van der Waals surface area contributed by atoms with E-state index in [1.54, 1.807) is 30.6 Å². The van der Waals surface area contributed by atoms with Gasteiger partial charge >= 0.3 is 0 Å². The van der Waals surface area contributed by atoms with Crippen LogP contribution in [-0.4, -0.2) is 33.3 Å². The number of aryl methyl sites for hydroxylation is 1. The second-order valence-electron chi connectivity index (χ2n) is 8.43. The van der Waals surface area contributed by atoms with Gasteiger partial charge in [-0.1, -0.05) is 61.4 Å². The van der Waals surface area contributed by atoms with Crippen LogP contribution in [0.25, 0.3) is 5.76 Å². The molecule has 0 spiro atoms. The van der Waals surface area contributed by atoms with Crippen molar-refractivity contribution >= 4 is 17.4 Å². The molecular weight excluding hydrogens is 428 g/mol. The molecule has 2 heterocycles. The third-order valence-electron chi connectivity index (χ3n) is 5.88. The molecule has 1 aliphatic heterocycles. The molecule has 0 saturated carbocycles. The van der Waals surface area contributed by atoms with E-state index in [0.29, 0.717) is 23.5 Å². The van der Waals surface area contributed by atoms with E-state index in [9.17, 15) is 14.7 Å². The van der Waals surface area contributed by atoms with Crippen LogP contribution < -0.4 is 4.74 Å². The number of rotatable bonds is 8. The highest BCUT2D eigenvalue weighted by atomic mass is 16.5. The minimum atomic E-state index is -0.753. The van der Waals surface area contributed by atoms with Crippen LogP contribution in [0.3, 0.4) is 0 Å². The normalized spacial score (nSPS) is 17.2. The lowest BCUT2D eigenvalue weighted by molar-refractivity contribution is -0.140. The fourth-order valence-corrected chi connectivity index (χ4v) is 4.05. The predicted octanol–water partition coefficient (Wildman–Crippen LogP) is 5.19. The van der Waals surface area contributed by atoms with Gasteiger partial charge in [0.2, 0.25) is 0 Å². The van der Waals surface area contributed by atoms with Crippen molar-refractivity contribution in [1.82, 2.24) is 9.88 Å². The van der Waals surface area contributed by atoms with Crippen LogP contribution in [0.15, 0.2) is 78.6 Å². The molecule has 174 valence electrons. The summed E-state index contributed by atoms with van der Waals surface area (Å²) in [5.74, 6) is -0.883. The Morgan fingerprint density at radius 3 is 2.59 bits per heavy atom. The number of hydrogen-bond donors (Lipinski definition) is 1. The Balaban J connectivity index is 1.80. The maximum absolute atomic E-state index is 13.2. The maximum Gasteiger partial charge on any atom is 0.295 e. The molecule has 1 aliphatic rings. The lowest BCUT2D eigenvalue weighted by Gasteiger charge is -2.25. The van der Waals surface area contributed by atoms with Gasteiger partial charge in [-0.25, -0.2) is 0 Å². The second-order valence-corrected chi connectivity index (χ2v) is 8.43. The number of benzene rings is 2. The molecule has 1 unspecified atom stereocenters. The second kappa shape index (κ2) is 10.3. The number of carbonyl (C=O) groups excluding carboxylic acids is 2. The van der Waals surface area contributed by atoms with E-state index in [-0.39, 0.29) is 17.9 Å². The summed E-state index contributed by atoms with van der Waals surface area (Å²) < 4.78 is 5.87. The van der Waals surface area contributed by atoms with E-state index in [1.807, 2.05) is 49.4 Å². The van der Waals surface area contributed by atoms with Crippen LogP contribution in [-0.2, 0) is 16.1 Å². The summed E-state index contributed by atoms with van der Waals surface area (Å²) in [5.41, 5.74) is 3.08. The molecule has 6 nitrogen and oxygen atoms in total. The molecule has 0 aliphatic carbocycles. The molecule has 1 fully saturated rings. The number of Topliss-reactive ketones (excluding diaryl/α,β-unsaturated/α-hetero) is 1. The van der Waals surface area contributed by atoms with Crippen molar-refractivity contribution in [1.29, 1.82) is 0 Å². The standard InChI is InChI=1S/C28H28N2O4/c1-3-4-15-34-23-9-5-8-22(16-23)25-24(26(31)21-12-10-19(2)11-13-21)27(32)28(33)30(25)18-20-7-6-14-29-17-20/h5-14,16-17,25,31H,3-4,15,18H2,1-2H3/b26-24+. The zero-order chi connectivity index (χ0) is 24.1. The van der Waals surface area contributed by atoms with Gasteiger partial charge in [-0.15, -0.1) is 0 Å². The molecule has 1 amide bonds. The first-order valence-corrected chi connectivity index (χ1v) is 11.5. The van der Waals surface area contributed by atoms with E-state index in [0.717, 1.165) is 24.0 Å². The maximum atomic E-state index is 13.2. The highest BCUT2D eigenvalue weighted by Gasteiger charge is 2.46. The van der Waals surface area contributed by atoms with Gasteiger partial charge < -0.3 is 14.7 Å². The molecule has 0 bridgehead atoms. The van der Waals surface area contributed by atoms with Gasteiger partial charge in [0.05, 0.1) is 18.2 Å². The molecule has 1 saturated heterocycles. The number of amides is 1. The van der Waals surface area contributed by atoms with E-state index in [4.69, 9.17) is 4.74 Å². The fourth-order valence-electron chi connectivity index (χ4n) is 4.05. The number of aliphatic hydroxyl groups is 1. The van der Waals surface area contributed by atoms with Crippen LogP contribution in [0.5, 0.6) is 5.75 Å². The zero-order valence-electron chi connectivity index (χ0n) is 19.4. The van der Waals surface area contributed by atoms with Crippen molar-refractivity contribution in [3.63, 3.8) is 0 Å². The number of ether oxygens (including phenoxy) is 1. The summed E-state index contributed by atoms with van der Waals surface area (Å²) in [6.07, 6.45) is 5.27. The third-order valence-corrected chi connectivity index (χ3v) is 5.88. The quantitative estimate of drug-likeness (QED) is 0.218. The van der Waals surface area contributed by atoms with Crippen LogP contribution >= 0.6 is 0 Å². The highest BCUT2D eigenvalue weighted by molar-refractivity contribution is 6.46. The fraction of sp³-hybridized carbons (Fsp3) is 0.250. The monoisotopic (exact) mass is 456 g/mol. The Morgan fingerprint density at radius 1 is 1.09 bits per heavy atom. The average Bonchev–Trinajstić information content (AvgIpc) is 3.10. The molecule has 6 heteroatoms. The Morgan fingerprint density at radius 2 is 1.88 bits per heavy atom. The van der Waals surface area contributed by atoms with Crippen LogP contribution in [0.2, 0.25) is 0 Å². The Kier molecular flexibility index (Phi) is 7.07. The number of aromatic nitrogens is 1. The van der Waals surface area contributed by atoms with Gasteiger partial charge in [-0.2, -0.15) is 0 Å². The minimum absolute atomic E-state index is 0.0726. The summed E-state index contributed by atoms with van der Waals surface area (Å²) in [6, 6.07) is 17.5. The molecule has 4 rings (SSSR count). The SMILES string of the molecule is CCCCOc1cccc(C2/C(=C(\O)c3ccc(C)cc3)C(=O)C(=O)N2Cc2cccnc2)c1. The lowest BCUT2D eigenvalue weighted by atomic mass is 9.94. The van der Waals surface area contributed by atoms with Gasteiger partial charge in [-0.05, 0) is 42.7 Å². The lowest BCUT2D eigenvalue weighted by Crippen LogP contribution is -2.29. The van der Waals surface area contributed by atoms with E-state index in [2.05, 4.69) is 11.9 Å². The topological polar surface area (TPSA) is 79.7 Å². The summed E-state index contributed by atoms with van der Waals surface area (Å²) in [4.78, 5) is 32.0. The van der Waals surface area contributed by atoms with Gasteiger partial charge in [0, 0.05) is 24.5 Å². The number of aliphatic hydroxyl groups excluding tert-OH is 1. The van der Waals surface area contributed by atoms with E-state index in [1.165, 1.54) is 4.90 Å². The first kappa shape index (κ1) is 23.2. The number of pyridine rings is 1. The number of carbonyl (C=O) groups is 2. The van der Waals surface area contributed by atoms with Crippen LogP contribution in [0, 0.1) is 6.92 Å². The van der Waals surface area contributed by atoms with E-state index < -0.39 is 17.7 Å². The van der Waals surface area contributed by atoms with Crippen LogP contribution in [0.4, 0.5) is 0 Å². The van der Waals surface area contributed by atoms with Gasteiger partial charge in [0.15, 0.2) is 0 Å². The van der Waals surface area contributed by atoms with Crippen molar-refractivity contribution in [3.05, 3.63) is 101 Å². The first-order valence-electron chi connectivity index (χ1n) is 11.5. The van der Waals surface area contributed by atoms with Crippen molar-refractivity contribution in [2.75, 3.05) is 6.61 Å². The number of unbranched alkanes of at least 4 members (excludes halogenated alkanes) is 1. The van der Waals surface area contributed by atoms with Crippen molar-refractivity contribution in [2.45, 2.75) is 39.3 Å². The zero-order valence-corrected chi connectivity index (χ0v) is 19.4. The van der Waals surface area contributed by atoms with Gasteiger partial charge in [-0.3, -0.25) is 14.6 Å². The summed E-state index contributed by atoms with van der Waals surface area (Å²) in [7, 11) is 0. The minimum Gasteiger partial charge on any atom is -0.507 e. The predicted molar refractivity (Wildman–Crippen MR) is 130 cm³/mol. The van der Waals surface area contributed by atoms with Crippen molar-refractivity contribution < 1.29 is 19.4 Å². The molecule has 1 N–H and O–H groups in total. The molecular formula is C28H28N2O4. The Hall–Kier alpha value is -3.93. The Bertz CT molecular complexity index is 1200. The van der Waals surface area contributed by atoms with Crippen molar-refractivity contribution in [2.24, 2.45) is 0 Å². The van der Waals surface area contributed by atoms with Gasteiger partial charge in [0.1, 0.15) is 11.5 Å². The number of nitrogens with zero attached hydrogens (tertiary/aromatic N) is 2. The number of ketones is 1. The van der Waals surface area contributed by atoms with E-state index >= 15 is 0 Å². The molecule has 3 aromatic rings. The summed E-state index contributed by atoms with van der Waals surface area (Å²) in [6.45, 7) is 4.81. The molecule has 1 aromatic heterocycles. The number of likely N-dealkylation sites (tertiary alicyclic amines) is 1. The molecule has 1 atom stereocenters. The molecule has 2 aromatic carbocycles. The highest BCUT2D eigenvalue weighted by Crippen LogP contribution is 2.41. The largest absolute Gasteiger partial charge is 0.507 e. The first-order chi connectivity index (χ1) is 16.5. The van der Waals surface area contributed by atoms with Crippen LogP contribution in [0.1, 0.15) is 48.1 Å². The van der Waals surface area contributed by atoms with Crippen molar-refractivity contribution in [3.8, 4) is 5.75 Å². The summed E-state index contributed by atoms with van der Waals surface area (Å²) in [5, 5.41) is 11.2. The molecule has 0 radical (unpaired) electrons. The third kappa shape index (κ3) is 4.86. The average molecular weight is 457 g/mol. The smallest absolute Gasteiger partial charge is 0.295 e. The van der Waals surface area contributed by atoms with Gasteiger partial charge in [0.25, 0.3) is 11.7 Å². The molecule has 34 heavy (non-hydrogen) atoms. The Labute approximate surface area is 199 Å². The summed E-state index contributed by atoms with van der Waals surface area (Å²) >= 11 is 0. The number of hydrogen-bond acceptors (Lipinski definition) is 5.